The highest BCUT2D eigenvalue weighted by Crippen LogP contribution is 2.26. The number of carbonyl (C=O) groups is 2. The summed E-state index contributed by atoms with van der Waals surface area (Å²) in [6, 6.07) is 6.53. The monoisotopic (exact) mass is 333 g/mol. The van der Waals surface area contributed by atoms with Crippen LogP contribution in [0.3, 0.4) is 0 Å². The fraction of sp³-hybridized carbons (Fsp3) is 0.579. The van der Waals surface area contributed by atoms with Gasteiger partial charge in [-0.25, -0.2) is 4.79 Å². The number of rotatable bonds is 6. The van der Waals surface area contributed by atoms with Gasteiger partial charge in [-0.1, -0.05) is 32.9 Å². The number of carboxylic acids is 1. The van der Waals surface area contributed by atoms with Gasteiger partial charge >= 0.3 is 5.97 Å². The van der Waals surface area contributed by atoms with Crippen LogP contribution in [0.1, 0.15) is 61.9 Å². The number of ether oxygens (including phenoxy) is 1. The zero-order valence-electron chi connectivity index (χ0n) is 14.7. The number of hydrogen-bond acceptors (Lipinski definition) is 3. The summed E-state index contributed by atoms with van der Waals surface area (Å²) in [5, 5.41) is 12.0. The highest BCUT2D eigenvalue weighted by Gasteiger charge is 2.24. The van der Waals surface area contributed by atoms with Crippen LogP contribution in [0.5, 0.6) is 0 Å². The van der Waals surface area contributed by atoms with Crippen LogP contribution in [0, 0.1) is 5.41 Å². The van der Waals surface area contributed by atoms with Gasteiger partial charge in [0.05, 0.1) is 6.61 Å². The van der Waals surface area contributed by atoms with Gasteiger partial charge in [0.25, 0.3) is 5.91 Å². The minimum Gasteiger partial charge on any atom is -0.480 e. The van der Waals surface area contributed by atoms with E-state index in [-0.39, 0.29) is 11.3 Å². The topological polar surface area (TPSA) is 75.6 Å². The third-order valence-electron chi connectivity index (χ3n) is 4.34. The molecule has 1 fully saturated rings. The molecule has 0 aromatic heterocycles. The molecule has 2 unspecified atom stereocenters. The molecule has 1 aliphatic rings. The first-order valence-electron chi connectivity index (χ1n) is 8.47. The molecule has 1 saturated heterocycles. The first-order valence-corrected chi connectivity index (χ1v) is 8.47. The van der Waals surface area contributed by atoms with Crippen LogP contribution >= 0.6 is 0 Å². The van der Waals surface area contributed by atoms with Crippen LogP contribution < -0.4 is 5.32 Å². The molecule has 132 valence electrons. The summed E-state index contributed by atoms with van der Waals surface area (Å²) in [4.78, 5) is 23.9. The van der Waals surface area contributed by atoms with Crippen molar-refractivity contribution in [1.29, 1.82) is 0 Å². The van der Waals surface area contributed by atoms with E-state index in [1.54, 1.807) is 6.07 Å². The van der Waals surface area contributed by atoms with E-state index in [0.717, 1.165) is 25.0 Å². The van der Waals surface area contributed by atoms with Crippen LogP contribution in [0.15, 0.2) is 24.3 Å². The summed E-state index contributed by atoms with van der Waals surface area (Å²) < 4.78 is 5.39. The van der Waals surface area contributed by atoms with E-state index < -0.39 is 12.0 Å². The molecule has 2 rings (SSSR count). The normalized spacial score (nSPS) is 19.0. The Hall–Kier alpha value is -1.88. The lowest BCUT2D eigenvalue weighted by Gasteiger charge is -2.21. The van der Waals surface area contributed by atoms with Crippen LogP contribution in [-0.4, -0.2) is 36.2 Å². The minimum absolute atomic E-state index is 0.0286. The van der Waals surface area contributed by atoms with E-state index in [9.17, 15) is 14.7 Å². The van der Waals surface area contributed by atoms with E-state index in [1.165, 1.54) is 0 Å². The Bertz CT molecular complexity index is 585. The molecule has 0 saturated carbocycles. The van der Waals surface area contributed by atoms with Gasteiger partial charge in [0.1, 0.15) is 6.04 Å². The molecule has 1 heterocycles. The van der Waals surface area contributed by atoms with E-state index >= 15 is 0 Å². The lowest BCUT2D eigenvalue weighted by molar-refractivity contribution is -0.139. The predicted molar refractivity (Wildman–Crippen MR) is 92.2 cm³/mol. The molecular formula is C19H27NO4. The third kappa shape index (κ3) is 5.34. The van der Waals surface area contributed by atoms with Crippen LogP contribution in [-0.2, 0) is 9.53 Å². The molecule has 2 N–H and O–H groups in total. The summed E-state index contributed by atoms with van der Waals surface area (Å²) in [6.07, 6.45) is 2.10. The van der Waals surface area contributed by atoms with Crippen molar-refractivity contribution in [2.45, 2.75) is 52.0 Å². The number of carbonyl (C=O) groups excluding carboxylic acids is 1. The predicted octanol–water partition coefficient (Wildman–Crippen LogP) is 3.20. The molecule has 0 radical (unpaired) electrons. The number of amides is 1. The standard InChI is InChI=1S/C19H27NO4/c1-19(2,3)9-7-16(18(22)23)20-17(21)14-6-4-5-13(11-14)15-8-10-24-12-15/h4-6,11,15-16H,7-10,12H2,1-3H3,(H,20,21)(H,22,23). The van der Waals surface area contributed by atoms with Crippen molar-refractivity contribution in [2.75, 3.05) is 13.2 Å². The maximum Gasteiger partial charge on any atom is 0.326 e. The molecule has 5 nitrogen and oxygen atoms in total. The second kappa shape index (κ2) is 7.79. The lowest BCUT2D eigenvalue weighted by atomic mass is 9.88. The van der Waals surface area contributed by atoms with Crippen molar-refractivity contribution in [3.63, 3.8) is 0 Å². The van der Waals surface area contributed by atoms with Gasteiger partial charge in [0.2, 0.25) is 0 Å². The van der Waals surface area contributed by atoms with E-state index in [2.05, 4.69) is 26.1 Å². The van der Waals surface area contributed by atoms with Crippen molar-refractivity contribution >= 4 is 11.9 Å². The molecule has 24 heavy (non-hydrogen) atoms. The smallest absolute Gasteiger partial charge is 0.326 e. The Morgan fingerprint density at radius 3 is 2.71 bits per heavy atom. The highest BCUT2D eigenvalue weighted by atomic mass is 16.5. The van der Waals surface area contributed by atoms with Crippen LogP contribution in [0.4, 0.5) is 0 Å². The van der Waals surface area contributed by atoms with E-state index in [4.69, 9.17) is 4.74 Å². The van der Waals surface area contributed by atoms with Crippen molar-refractivity contribution in [3.8, 4) is 0 Å². The van der Waals surface area contributed by atoms with Gasteiger partial charge in [-0.3, -0.25) is 4.79 Å². The molecule has 2 atom stereocenters. The van der Waals surface area contributed by atoms with Gasteiger partial charge in [-0.2, -0.15) is 0 Å². The van der Waals surface area contributed by atoms with Gasteiger partial charge in [-0.15, -0.1) is 0 Å². The van der Waals surface area contributed by atoms with Crippen LogP contribution in [0.25, 0.3) is 0 Å². The molecule has 5 heteroatoms. The minimum atomic E-state index is -0.993. The van der Waals surface area contributed by atoms with Gasteiger partial charge in [0, 0.05) is 18.1 Å². The van der Waals surface area contributed by atoms with Crippen molar-refractivity contribution < 1.29 is 19.4 Å². The van der Waals surface area contributed by atoms with E-state index in [1.807, 2.05) is 18.2 Å². The average Bonchev–Trinajstić information content (AvgIpc) is 3.04. The second-order valence-corrected chi connectivity index (χ2v) is 7.65. The van der Waals surface area contributed by atoms with Crippen LogP contribution in [0.2, 0.25) is 0 Å². The molecule has 1 aromatic carbocycles. The van der Waals surface area contributed by atoms with E-state index in [0.29, 0.717) is 24.5 Å². The van der Waals surface area contributed by atoms with Crippen molar-refractivity contribution in [1.82, 2.24) is 5.32 Å². The summed E-state index contributed by atoms with van der Waals surface area (Å²) >= 11 is 0. The largest absolute Gasteiger partial charge is 0.480 e. The van der Waals surface area contributed by atoms with Crippen molar-refractivity contribution in [2.24, 2.45) is 5.41 Å². The zero-order chi connectivity index (χ0) is 17.7. The number of hydrogen-bond donors (Lipinski definition) is 2. The fourth-order valence-corrected chi connectivity index (χ4v) is 2.81. The Morgan fingerprint density at radius 2 is 2.12 bits per heavy atom. The SMILES string of the molecule is CC(C)(C)CCC(NC(=O)c1cccc(C2CCOC2)c1)C(=O)O. The summed E-state index contributed by atoms with van der Waals surface area (Å²) in [6.45, 7) is 7.59. The summed E-state index contributed by atoms with van der Waals surface area (Å²) in [7, 11) is 0. The van der Waals surface area contributed by atoms with Gasteiger partial charge < -0.3 is 15.2 Å². The number of benzene rings is 1. The lowest BCUT2D eigenvalue weighted by Crippen LogP contribution is -2.41. The Kier molecular flexibility index (Phi) is 5.99. The quantitative estimate of drug-likeness (QED) is 0.838. The maximum absolute atomic E-state index is 12.4. The maximum atomic E-state index is 12.4. The van der Waals surface area contributed by atoms with Gasteiger partial charge in [-0.05, 0) is 42.4 Å². The first-order chi connectivity index (χ1) is 11.3. The Balaban J connectivity index is 2.03. The fourth-order valence-electron chi connectivity index (χ4n) is 2.81. The molecule has 0 bridgehead atoms. The zero-order valence-corrected chi connectivity index (χ0v) is 14.7. The first kappa shape index (κ1) is 18.5. The summed E-state index contributed by atoms with van der Waals surface area (Å²) in [5.41, 5.74) is 1.60. The number of aliphatic carboxylic acids is 1. The molecule has 1 aromatic rings. The molecule has 1 aliphatic heterocycles. The molecular weight excluding hydrogens is 306 g/mol. The second-order valence-electron chi connectivity index (χ2n) is 7.65. The number of nitrogens with one attached hydrogen (secondary N) is 1. The Labute approximate surface area is 143 Å². The van der Waals surface area contributed by atoms with Crippen molar-refractivity contribution in [3.05, 3.63) is 35.4 Å². The van der Waals surface area contributed by atoms with Gasteiger partial charge in [0.15, 0.2) is 0 Å². The molecule has 1 amide bonds. The Morgan fingerprint density at radius 1 is 1.38 bits per heavy atom. The molecule has 0 spiro atoms. The average molecular weight is 333 g/mol. The third-order valence-corrected chi connectivity index (χ3v) is 4.34. The summed E-state index contributed by atoms with van der Waals surface area (Å²) in [5.74, 6) is -1.01. The number of carboxylic acid groups (broad SMARTS) is 1. The highest BCUT2D eigenvalue weighted by molar-refractivity contribution is 5.96. The molecule has 0 aliphatic carbocycles.